The van der Waals surface area contributed by atoms with Crippen LogP contribution in [0.15, 0.2) is 46.0 Å². The minimum atomic E-state index is 0.640. The number of nitrogens with zero attached hydrogens (tertiary/aromatic N) is 1. The molecule has 2 rings (SSSR count). The highest BCUT2D eigenvalue weighted by atomic mass is 16.5. The molecule has 0 unspecified atom stereocenters. The topological polar surface area (TPSA) is 68.0 Å². The summed E-state index contributed by atoms with van der Waals surface area (Å²) in [7, 11) is 5.00. The minimum Gasteiger partial charge on any atom is -0.493 e. The van der Waals surface area contributed by atoms with Crippen molar-refractivity contribution < 1.29 is 13.9 Å². The van der Waals surface area contributed by atoms with Crippen LogP contribution in [0.2, 0.25) is 0 Å². The van der Waals surface area contributed by atoms with Gasteiger partial charge in [-0.2, -0.15) is 0 Å². The zero-order valence-electron chi connectivity index (χ0n) is 13.8. The fraction of sp³-hybridized carbons (Fsp3) is 0.353. The summed E-state index contributed by atoms with van der Waals surface area (Å²) in [5.41, 5.74) is 1.08. The van der Waals surface area contributed by atoms with E-state index in [1.165, 1.54) is 0 Å². The molecule has 6 nitrogen and oxygen atoms in total. The maximum atomic E-state index is 5.31. The molecule has 0 spiro atoms. The number of nitrogens with one attached hydrogen (secondary N) is 2. The van der Waals surface area contributed by atoms with Crippen LogP contribution in [0.1, 0.15) is 11.3 Å². The number of furan rings is 1. The van der Waals surface area contributed by atoms with E-state index in [4.69, 9.17) is 13.9 Å². The number of benzene rings is 1. The molecule has 124 valence electrons. The van der Waals surface area contributed by atoms with Crippen LogP contribution in [0.5, 0.6) is 11.5 Å². The lowest BCUT2D eigenvalue weighted by molar-refractivity contribution is 0.354. The molecule has 2 N–H and O–H groups in total. The van der Waals surface area contributed by atoms with Gasteiger partial charge in [-0.15, -0.1) is 0 Å². The van der Waals surface area contributed by atoms with E-state index in [-0.39, 0.29) is 0 Å². The SMILES string of the molecule is CN=C(NCCc1ccco1)NCc1ccc(OC)c(OC)c1. The highest BCUT2D eigenvalue weighted by Gasteiger charge is 2.05. The average Bonchev–Trinajstić information content (AvgIpc) is 3.11. The Morgan fingerprint density at radius 2 is 1.96 bits per heavy atom. The maximum absolute atomic E-state index is 5.31. The molecule has 1 aromatic heterocycles. The first-order chi connectivity index (χ1) is 11.3. The molecule has 23 heavy (non-hydrogen) atoms. The summed E-state index contributed by atoms with van der Waals surface area (Å²) in [5.74, 6) is 3.13. The van der Waals surface area contributed by atoms with Crippen molar-refractivity contribution in [2.24, 2.45) is 4.99 Å². The van der Waals surface area contributed by atoms with Crippen LogP contribution in [0.3, 0.4) is 0 Å². The Morgan fingerprint density at radius 3 is 2.61 bits per heavy atom. The highest BCUT2D eigenvalue weighted by molar-refractivity contribution is 5.79. The molecule has 0 radical (unpaired) electrons. The number of hydrogen-bond donors (Lipinski definition) is 2. The van der Waals surface area contributed by atoms with Crippen LogP contribution < -0.4 is 20.1 Å². The summed E-state index contributed by atoms with van der Waals surface area (Å²) < 4.78 is 15.8. The largest absolute Gasteiger partial charge is 0.493 e. The van der Waals surface area contributed by atoms with Gasteiger partial charge < -0.3 is 24.5 Å². The number of methoxy groups -OCH3 is 2. The summed E-state index contributed by atoms with van der Waals surface area (Å²) in [4.78, 5) is 4.21. The second kappa shape index (κ2) is 8.73. The summed E-state index contributed by atoms with van der Waals surface area (Å²) in [5, 5.41) is 6.52. The molecule has 0 saturated heterocycles. The van der Waals surface area contributed by atoms with E-state index >= 15 is 0 Å². The fourth-order valence-corrected chi connectivity index (χ4v) is 2.16. The smallest absolute Gasteiger partial charge is 0.191 e. The zero-order chi connectivity index (χ0) is 16.5. The molecule has 1 aromatic carbocycles. The van der Waals surface area contributed by atoms with Crippen molar-refractivity contribution in [3.8, 4) is 11.5 Å². The van der Waals surface area contributed by atoms with Crippen molar-refractivity contribution in [3.05, 3.63) is 47.9 Å². The monoisotopic (exact) mass is 317 g/mol. The molecule has 0 aliphatic heterocycles. The summed E-state index contributed by atoms with van der Waals surface area (Å²) in [6, 6.07) is 9.68. The van der Waals surface area contributed by atoms with E-state index in [1.54, 1.807) is 27.5 Å². The van der Waals surface area contributed by atoms with Crippen LogP contribution in [0, 0.1) is 0 Å². The van der Waals surface area contributed by atoms with Crippen molar-refractivity contribution >= 4 is 5.96 Å². The van der Waals surface area contributed by atoms with E-state index in [0.29, 0.717) is 12.3 Å². The van der Waals surface area contributed by atoms with E-state index in [1.807, 2.05) is 30.3 Å². The van der Waals surface area contributed by atoms with Crippen molar-refractivity contribution in [1.29, 1.82) is 0 Å². The molecule has 0 fully saturated rings. The summed E-state index contributed by atoms with van der Waals surface area (Å²) in [6.45, 7) is 1.39. The van der Waals surface area contributed by atoms with E-state index in [9.17, 15) is 0 Å². The number of ether oxygens (including phenoxy) is 2. The first-order valence-corrected chi connectivity index (χ1v) is 7.44. The van der Waals surface area contributed by atoms with Gasteiger partial charge >= 0.3 is 0 Å². The minimum absolute atomic E-state index is 0.640. The fourth-order valence-electron chi connectivity index (χ4n) is 2.16. The van der Waals surface area contributed by atoms with Gasteiger partial charge in [-0.3, -0.25) is 4.99 Å². The highest BCUT2D eigenvalue weighted by Crippen LogP contribution is 2.27. The molecule has 0 saturated carbocycles. The standard InChI is InChI=1S/C17H23N3O3/c1-18-17(19-9-8-14-5-4-10-23-14)20-12-13-6-7-15(21-2)16(11-13)22-3/h4-7,10-11H,8-9,12H2,1-3H3,(H2,18,19,20). The molecule has 0 aliphatic carbocycles. The third kappa shape index (κ3) is 4.95. The second-order valence-corrected chi connectivity index (χ2v) is 4.87. The molecular weight excluding hydrogens is 294 g/mol. The molecule has 2 aromatic rings. The average molecular weight is 317 g/mol. The Labute approximate surface area is 136 Å². The van der Waals surface area contributed by atoms with Gasteiger partial charge in [0.2, 0.25) is 0 Å². The number of hydrogen-bond acceptors (Lipinski definition) is 4. The van der Waals surface area contributed by atoms with Gasteiger partial charge in [0.05, 0.1) is 20.5 Å². The van der Waals surface area contributed by atoms with Gasteiger partial charge in [-0.1, -0.05) is 6.07 Å². The Kier molecular flexibility index (Phi) is 6.35. The first kappa shape index (κ1) is 16.7. The number of guanidine groups is 1. The van der Waals surface area contributed by atoms with Crippen molar-refractivity contribution in [2.75, 3.05) is 27.8 Å². The van der Waals surface area contributed by atoms with Gasteiger partial charge in [-0.05, 0) is 29.8 Å². The Bertz CT molecular complexity index is 624. The van der Waals surface area contributed by atoms with E-state index in [2.05, 4.69) is 15.6 Å². The van der Waals surface area contributed by atoms with Crippen LogP contribution in [-0.2, 0) is 13.0 Å². The molecule has 0 bridgehead atoms. The molecule has 6 heteroatoms. The Morgan fingerprint density at radius 1 is 1.13 bits per heavy atom. The summed E-state index contributed by atoms with van der Waals surface area (Å²) >= 11 is 0. The van der Waals surface area contributed by atoms with Crippen LogP contribution in [0.4, 0.5) is 0 Å². The lowest BCUT2D eigenvalue weighted by Crippen LogP contribution is -2.37. The van der Waals surface area contributed by atoms with Gasteiger partial charge in [0, 0.05) is 26.6 Å². The van der Waals surface area contributed by atoms with Gasteiger partial charge in [0.1, 0.15) is 5.76 Å². The molecule has 1 heterocycles. The predicted molar refractivity (Wildman–Crippen MR) is 90.2 cm³/mol. The van der Waals surface area contributed by atoms with E-state index < -0.39 is 0 Å². The zero-order valence-corrected chi connectivity index (χ0v) is 13.8. The Hall–Kier alpha value is -2.63. The molecular formula is C17H23N3O3. The lowest BCUT2D eigenvalue weighted by Gasteiger charge is -2.13. The molecule has 0 aliphatic rings. The normalized spacial score (nSPS) is 11.2. The Balaban J connectivity index is 1.83. The third-order valence-electron chi connectivity index (χ3n) is 3.38. The quantitative estimate of drug-likeness (QED) is 0.605. The van der Waals surface area contributed by atoms with Crippen molar-refractivity contribution in [3.63, 3.8) is 0 Å². The second-order valence-electron chi connectivity index (χ2n) is 4.87. The first-order valence-electron chi connectivity index (χ1n) is 7.44. The van der Waals surface area contributed by atoms with Gasteiger partial charge in [0.15, 0.2) is 17.5 Å². The third-order valence-corrected chi connectivity index (χ3v) is 3.38. The maximum Gasteiger partial charge on any atom is 0.191 e. The van der Waals surface area contributed by atoms with E-state index in [0.717, 1.165) is 36.0 Å². The van der Waals surface area contributed by atoms with Gasteiger partial charge in [0.25, 0.3) is 0 Å². The van der Waals surface area contributed by atoms with Crippen LogP contribution >= 0.6 is 0 Å². The number of rotatable bonds is 7. The van der Waals surface area contributed by atoms with Crippen LogP contribution in [0.25, 0.3) is 0 Å². The lowest BCUT2D eigenvalue weighted by atomic mass is 10.2. The predicted octanol–water partition coefficient (Wildman–Crippen LogP) is 2.20. The van der Waals surface area contributed by atoms with Gasteiger partial charge in [-0.25, -0.2) is 0 Å². The molecule has 0 atom stereocenters. The van der Waals surface area contributed by atoms with Crippen molar-refractivity contribution in [1.82, 2.24) is 10.6 Å². The van der Waals surface area contributed by atoms with Crippen molar-refractivity contribution in [2.45, 2.75) is 13.0 Å². The molecule has 0 amide bonds. The van der Waals surface area contributed by atoms with Crippen LogP contribution in [-0.4, -0.2) is 33.8 Å². The number of aliphatic imine (C=N–C) groups is 1. The summed E-state index contributed by atoms with van der Waals surface area (Å²) in [6.07, 6.45) is 2.49.